The number of fused-ring (bicyclic) bond motifs is 5. The fraction of sp³-hybridized carbons (Fsp3) is 0.650. The molecule has 111 valence electrons. The van der Waals surface area contributed by atoms with Crippen LogP contribution in [0.25, 0.3) is 0 Å². The summed E-state index contributed by atoms with van der Waals surface area (Å²) >= 11 is 0. The van der Waals surface area contributed by atoms with E-state index in [1.54, 1.807) is 5.56 Å². The molecule has 0 spiro atoms. The number of carbonyl (C=O) groups is 1. The highest BCUT2D eigenvalue weighted by Crippen LogP contribution is 2.61. The van der Waals surface area contributed by atoms with Gasteiger partial charge in [0, 0.05) is 11.8 Å². The summed E-state index contributed by atoms with van der Waals surface area (Å²) in [6.07, 6.45) is 9.16. The zero-order valence-electron chi connectivity index (χ0n) is 13.0. The van der Waals surface area contributed by atoms with Crippen LogP contribution in [0.4, 0.5) is 0 Å². The molecule has 0 heterocycles. The van der Waals surface area contributed by atoms with Crippen LogP contribution < -0.4 is 0 Å². The summed E-state index contributed by atoms with van der Waals surface area (Å²) in [7, 11) is 0. The van der Waals surface area contributed by atoms with Gasteiger partial charge in [0.05, 0.1) is 0 Å². The number of benzene rings is 1. The summed E-state index contributed by atoms with van der Waals surface area (Å²) in [6, 6.07) is 9.82. The Labute approximate surface area is 128 Å². The quantitative estimate of drug-likeness (QED) is 0.768. The fourth-order valence-electron chi connectivity index (χ4n) is 5.94. The number of hydrogen-bond acceptors (Lipinski definition) is 1. The third-order valence-electron chi connectivity index (χ3n) is 6.71. The van der Waals surface area contributed by atoms with Crippen molar-refractivity contribution in [3.05, 3.63) is 35.4 Å². The maximum absolute atomic E-state index is 12.6. The van der Waals surface area contributed by atoms with Gasteiger partial charge in [-0.15, -0.1) is 0 Å². The molecule has 1 aromatic carbocycles. The molecule has 0 aliphatic heterocycles. The Kier molecular flexibility index (Phi) is 3.20. The Hall–Kier alpha value is -1.11. The minimum absolute atomic E-state index is 0.0638. The van der Waals surface area contributed by atoms with Gasteiger partial charge in [-0.25, -0.2) is 0 Å². The normalized spacial score (nSPS) is 37.8. The van der Waals surface area contributed by atoms with Crippen LogP contribution in [0.5, 0.6) is 0 Å². The minimum atomic E-state index is 0.0638. The average molecular weight is 281 g/mol. The van der Waals surface area contributed by atoms with Crippen LogP contribution in [0.3, 0.4) is 0 Å². The summed E-state index contributed by atoms with van der Waals surface area (Å²) in [5, 5.41) is 0. The molecular formula is C20H25O. The molecule has 1 heteroatoms. The summed E-state index contributed by atoms with van der Waals surface area (Å²) in [6.45, 7) is 2.25. The number of carbonyl (C=O) groups excluding carboxylic acids is 1. The molecule has 1 nitrogen and oxygen atoms in total. The Morgan fingerprint density at radius 2 is 2.19 bits per heavy atom. The van der Waals surface area contributed by atoms with E-state index in [0.29, 0.717) is 17.6 Å². The molecule has 0 bridgehead atoms. The van der Waals surface area contributed by atoms with Crippen molar-refractivity contribution in [3.63, 3.8) is 0 Å². The predicted octanol–water partition coefficient (Wildman–Crippen LogP) is 4.69. The van der Waals surface area contributed by atoms with E-state index < -0.39 is 0 Å². The Morgan fingerprint density at radius 1 is 1.29 bits per heavy atom. The van der Waals surface area contributed by atoms with Crippen LogP contribution in [-0.4, -0.2) is 5.78 Å². The van der Waals surface area contributed by atoms with Crippen molar-refractivity contribution in [1.82, 2.24) is 0 Å². The number of hydrogen-bond donors (Lipinski definition) is 0. The lowest BCUT2D eigenvalue weighted by Gasteiger charge is -2.49. The third-order valence-corrected chi connectivity index (χ3v) is 6.71. The Balaban J connectivity index is 1.71. The van der Waals surface area contributed by atoms with Crippen LogP contribution in [0.1, 0.15) is 68.9 Å². The maximum atomic E-state index is 12.6. The van der Waals surface area contributed by atoms with Gasteiger partial charge < -0.3 is 0 Å². The van der Waals surface area contributed by atoms with Crippen LogP contribution >= 0.6 is 0 Å². The first-order valence-corrected chi connectivity index (χ1v) is 8.78. The monoisotopic (exact) mass is 281 g/mol. The lowest BCUT2D eigenvalue weighted by Crippen LogP contribution is -2.44. The number of Topliss-reactive ketones (excluding diaryl/α,β-unsaturated/α-hetero) is 1. The second-order valence-corrected chi connectivity index (χ2v) is 7.45. The summed E-state index contributed by atoms with van der Waals surface area (Å²) in [4.78, 5) is 12.6. The minimum Gasteiger partial charge on any atom is -0.299 e. The highest BCUT2D eigenvalue weighted by atomic mass is 16.1. The fourth-order valence-corrected chi connectivity index (χ4v) is 5.94. The Bertz CT molecular complexity index is 561. The lowest BCUT2D eigenvalue weighted by molar-refractivity contribution is -0.131. The summed E-state index contributed by atoms with van der Waals surface area (Å²) in [5.74, 6) is 2.73. The van der Waals surface area contributed by atoms with E-state index in [0.717, 1.165) is 38.0 Å². The van der Waals surface area contributed by atoms with E-state index in [4.69, 9.17) is 0 Å². The van der Waals surface area contributed by atoms with Crippen molar-refractivity contribution < 1.29 is 4.79 Å². The number of rotatable bonds is 2. The van der Waals surface area contributed by atoms with E-state index in [1.807, 2.05) is 0 Å². The number of ketones is 1. The van der Waals surface area contributed by atoms with Crippen molar-refractivity contribution in [1.29, 1.82) is 0 Å². The highest BCUT2D eigenvalue weighted by molar-refractivity contribution is 5.87. The van der Waals surface area contributed by atoms with E-state index in [1.165, 1.54) is 24.8 Å². The highest BCUT2D eigenvalue weighted by Gasteiger charge is 2.56. The van der Waals surface area contributed by atoms with E-state index in [-0.39, 0.29) is 5.41 Å². The van der Waals surface area contributed by atoms with Gasteiger partial charge in [0.2, 0.25) is 0 Å². The van der Waals surface area contributed by atoms with Gasteiger partial charge in [-0.1, -0.05) is 31.5 Å². The molecule has 2 fully saturated rings. The molecular weight excluding hydrogens is 256 g/mol. The molecule has 1 unspecified atom stereocenters. The first-order valence-electron chi connectivity index (χ1n) is 8.78. The van der Waals surface area contributed by atoms with Crippen LogP contribution in [0.2, 0.25) is 0 Å². The SMILES string of the molecule is CCCC12CC[C@@H]3c4cc[c]cc4CC[C@H]3[C@@H]1CCC2=O. The van der Waals surface area contributed by atoms with Gasteiger partial charge in [0.15, 0.2) is 0 Å². The first kappa shape index (κ1) is 13.5. The zero-order chi connectivity index (χ0) is 14.4. The molecule has 1 aromatic rings. The van der Waals surface area contributed by atoms with Gasteiger partial charge in [0.25, 0.3) is 0 Å². The second-order valence-electron chi connectivity index (χ2n) is 7.45. The van der Waals surface area contributed by atoms with Crippen molar-refractivity contribution in [2.24, 2.45) is 17.3 Å². The largest absolute Gasteiger partial charge is 0.299 e. The molecule has 0 N–H and O–H groups in total. The second kappa shape index (κ2) is 4.97. The van der Waals surface area contributed by atoms with E-state index in [2.05, 4.69) is 31.2 Å². The zero-order valence-corrected chi connectivity index (χ0v) is 13.0. The Morgan fingerprint density at radius 3 is 3.05 bits per heavy atom. The van der Waals surface area contributed by atoms with E-state index >= 15 is 0 Å². The van der Waals surface area contributed by atoms with Crippen molar-refractivity contribution in [2.45, 2.75) is 64.2 Å². The molecule has 21 heavy (non-hydrogen) atoms. The predicted molar refractivity (Wildman–Crippen MR) is 84.1 cm³/mol. The summed E-state index contributed by atoms with van der Waals surface area (Å²) in [5.41, 5.74) is 3.16. The van der Waals surface area contributed by atoms with Crippen molar-refractivity contribution in [3.8, 4) is 0 Å². The first-order chi connectivity index (χ1) is 10.3. The van der Waals surface area contributed by atoms with Crippen LogP contribution in [0.15, 0.2) is 18.2 Å². The maximum Gasteiger partial charge on any atom is 0.139 e. The molecule has 4 rings (SSSR count). The van der Waals surface area contributed by atoms with E-state index in [9.17, 15) is 4.79 Å². The molecule has 2 saturated carbocycles. The smallest absolute Gasteiger partial charge is 0.139 e. The van der Waals surface area contributed by atoms with Crippen molar-refractivity contribution in [2.75, 3.05) is 0 Å². The van der Waals surface area contributed by atoms with Gasteiger partial charge in [0.1, 0.15) is 5.78 Å². The average Bonchev–Trinajstić information content (AvgIpc) is 2.85. The molecule has 3 aliphatic rings. The van der Waals surface area contributed by atoms with Gasteiger partial charge in [-0.3, -0.25) is 4.79 Å². The molecule has 0 saturated heterocycles. The van der Waals surface area contributed by atoms with Gasteiger partial charge in [-0.05, 0) is 73.5 Å². The topological polar surface area (TPSA) is 17.1 Å². The summed E-state index contributed by atoms with van der Waals surface area (Å²) < 4.78 is 0. The van der Waals surface area contributed by atoms with Crippen LogP contribution in [0, 0.1) is 23.3 Å². The van der Waals surface area contributed by atoms with Gasteiger partial charge >= 0.3 is 0 Å². The van der Waals surface area contributed by atoms with Gasteiger partial charge in [-0.2, -0.15) is 0 Å². The molecule has 0 aromatic heterocycles. The third kappa shape index (κ3) is 1.86. The number of aryl methyl sites for hydroxylation is 1. The lowest BCUT2D eigenvalue weighted by atomic mass is 9.54. The molecule has 4 atom stereocenters. The van der Waals surface area contributed by atoms with Crippen LogP contribution in [-0.2, 0) is 11.2 Å². The molecule has 0 amide bonds. The molecule has 3 aliphatic carbocycles. The molecule has 1 radical (unpaired) electrons. The standard InChI is InChI=1S/C20H25O/c1-2-12-20-13-11-16-15-6-4-3-5-14(15)7-8-17(16)18(20)9-10-19(20)21/h4-6,16-18H,2,7-13H2,1H3/t16-,17-,18+,20?/m1/s1. The van der Waals surface area contributed by atoms with Crippen molar-refractivity contribution >= 4 is 5.78 Å².